The minimum atomic E-state index is 0.329. The first-order valence-corrected chi connectivity index (χ1v) is 6.96. The largest absolute Gasteiger partial charge is 0.336 e. The number of hydrogen-bond donors (Lipinski definition) is 1. The molecule has 0 fully saturated rings. The molecule has 0 bridgehead atoms. The molecule has 1 aromatic carbocycles. The van der Waals surface area contributed by atoms with Crippen LogP contribution in [0.3, 0.4) is 0 Å². The molecule has 1 unspecified atom stereocenters. The average molecular weight is 257 g/mol. The quantitative estimate of drug-likeness (QED) is 0.862. The van der Waals surface area contributed by atoms with Crippen LogP contribution in [0.4, 0.5) is 0 Å². The summed E-state index contributed by atoms with van der Waals surface area (Å²) in [6.45, 7) is 5.35. The van der Waals surface area contributed by atoms with Crippen molar-refractivity contribution in [2.24, 2.45) is 7.05 Å². The third-order valence-electron chi connectivity index (χ3n) is 3.41. The van der Waals surface area contributed by atoms with E-state index in [1.165, 1.54) is 16.8 Å². The molecule has 1 heterocycles. The molecule has 0 aliphatic heterocycles. The minimum absolute atomic E-state index is 0.329. The van der Waals surface area contributed by atoms with Crippen LogP contribution in [0.2, 0.25) is 0 Å². The van der Waals surface area contributed by atoms with Crippen LogP contribution < -0.4 is 5.32 Å². The van der Waals surface area contributed by atoms with Gasteiger partial charge in [0.25, 0.3) is 0 Å². The molecular formula is C16H23N3. The Kier molecular flexibility index (Phi) is 4.74. The van der Waals surface area contributed by atoms with E-state index in [1.807, 2.05) is 12.5 Å². The highest BCUT2D eigenvalue weighted by molar-refractivity contribution is 5.23. The number of benzene rings is 1. The van der Waals surface area contributed by atoms with Gasteiger partial charge in [-0.1, -0.05) is 36.8 Å². The SMILES string of the molecule is CCCNC(Cc1ccc(C)cc1)c1cncn1C. The summed E-state index contributed by atoms with van der Waals surface area (Å²) in [6, 6.07) is 9.11. The second-order valence-electron chi connectivity index (χ2n) is 5.13. The van der Waals surface area contributed by atoms with Crippen molar-refractivity contribution in [3.63, 3.8) is 0 Å². The third kappa shape index (κ3) is 3.67. The molecule has 0 aliphatic carbocycles. The monoisotopic (exact) mass is 257 g/mol. The van der Waals surface area contributed by atoms with Crippen LogP contribution in [0, 0.1) is 6.92 Å². The van der Waals surface area contributed by atoms with Crippen LogP contribution in [0.25, 0.3) is 0 Å². The summed E-state index contributed by atoms with van der Waals surface area (Å²) >= 11 is 0. The molecule has 0 saturated carbocycles. The lowest BCUT2D eigenvalue weighted by molar-refractivity contribution is 0.504. The van der Waals surface area contributed by atoms with Crippen molar-refractivity contribution in [3.8, 4) is 0 Å². The zero-order chi connectivity index (χ0) is 13.7. The van der Waals surface area contributed by atoms with Crippen molar-refractivity contribution >= 4 is 0 Å². The summed E-state index contributed by atoms with van der Waals surface area (Å²) in [6.07, 6.45) is 5.97. The highest BCUT2D eigenvalue weighted by atomic mass is 15.1. The number of imidazole rings is 1. The highest BCUT2D eigenvalue weighted by Gasteiger charge is 2.14. The summed E-state index contributed by atoms with van der Waals surface area (Å²) in [7, 11) is 2.05. The van der Waals surface area contributed by atoms with Gasteiger partial charge in [0.15, 0.2) is 0 Å². The average Bonchev–Trinajstić information content (AvgIpc) is 2.83. The molecule has 19 heavy (non-hydrogen) atoms. The van der Waals surface area contributed by atoms with Gasteiger partial charge < -0.3 is 9.88 Å². The summed E-state index contributed by atoms with van der Waals surface area (Å²) in [5.41, 5.74) is 3.91. The van der Waals surface area contributed by atoms with Crippen molar-refractivity contribution in [3.05, 3.63) is 53.6 Å². The summed E-state index contributed by atoms with van der Waals surface area (Å²) < 4.78 is 2.10. The van der Waals surface area contributed by atoms with E-state index >= 15 is 0 Å². The van der Waals surface area contributed by atoms with Gasteiger partial charge in [0.1, 0.15) is 0 Å². The first kappa shape index (κ1) is 13.8. The lowest BCUT2D eigenvalue weighted by Crippen LogP contribution is -2.25. The molecule has 2 rings (SSSR count). The van der Waals surface area contributed by atoms with Crippen molar-refractivity contribution in [2.45, 2.75) is 32.7 Å². The zero-order valence-electron chi connectivity index (χ0n) is 12.1. The molecule has 3 nitrogen and oxygen atoms in total. The highest BCUT2D eigenvalue weighted by Crippen LogP contribution is 2.18. The first-order valence-electron chi connectivity index (χ1n) is 6.96. The molecule has 2 aromatic rings. The lowest BCUT2D eigenvalue weighted by atomic mass is 10.0. The van der Waals surface area contributed by atoms with Gasteiger partial charge in [-0.25, -0.2) is 4.98 Å². The predicted octanol–water partition coefficient (Wildman–Crippen LogP) is 3.01. The van der Waals surface area contributed by atoms with Gasteiger partial charge in [0.05, 0.1) is 18.1 Å². The molecular weight excluding hydrogens is 234 g/mol. The molecule has 0 amide bonds. The van der Waals surface area contributed by atoms with Crippen molar-refractivity contribution in [1.29, 1.82) is 0 Å². The fraction of sp³-hybridized carbons (Fsp3) is 0.438. The number of aryl methyl sites for hydroxylation is 2. The topological polar surface area (TPSA) is 29.9 Å². The second-order valence-corrected chi connectivity index (χ2v) is 5.13. The van der Waals surface area contributed by atoms with Gasteiger partial charge >= 0.3 is 0 Å². The molecule has 1 N–H and O–H groups in total. The van der Waals surface area contributed by atoms with E-state index in [9.17, 15) is 0 Å². The van der Waals surface area contributed by atoms with Gasteiger partial charge in [-0.2, -0.15) is 0 Å². The fourth-order valence-corrected chi connectivity index (χ4v) is 2.26. The van der Waals surface area contributed by atoms with E-state index < -0.39 is 0 Å². The van der Waals surface area contributed by atoms with E-state index in [4.69, 9.17) is 0 Å². The number of hydrogen-bond acceptors (Lipinski definition) is 2. The van der Waals surface area contributed by atoms with Crippen molar-refractivity contribution < 1.29 is 0 Å². The molecule has 0 radical (unpaired) electrons. The van der Waals surface area contributed by atoms with Crippen LogP contribution in [0.5, 0.6) is 0 Å². The van der Waals surface area contributed by atoms with E-state index in [0.717, 1.165) is 19.4 Å². The smallest absolute Gasteiger partial charge is 0.0946 e. The Morgan fingerprint density at radius 3 is 2.58 bits per heavy atom. The van der Waals surface area contributed by atoms with Gasteiger partial charge in [-0.3, -0.25) is 0 Å². The van der Waals surface area contributed by atoms with Gasteiger partial charge in [-0.05, 0) is 31.9 Å². The van der Waals surface area contributed by atoms with Crippen LogP contribution in [0.15, 0.2) is 36.8 Å². The van der Waals surface area contributed by atoms with Gasteiger partial charge in [0, 0.05) is 13.2 Å². The minimum Gasteiger partial charge on any atom is -0.336 e. The molecule has 0 saturated heterocycles. The fourth-order valence-electron chi connectivity index (χ4n) is 2.26. The maximum Gasteiger partial charge on any atom is 0.0946 e. The van der Waals surface area contributed by atoms with E-state index in [2.05, 4.69) is 60.0 Å². The molecule has 1 aromatic heterocycles. The molecule has 3 heteroatoms. The summed E-state index contributed by atoms with van der Waals surface area (Å²) in [5, 5.41) is 3.61. The van der Waals surface area contributed by atoms with Gasteiger partial charge in [0.2, 0.25) is 0 Å². The zero-order valence-corrected chi connectivity index (χ0v) is 12.1. The van der Waals surface area contributed by atoms with Crippen LogP contribution in [0.1, 0.15) is 36.2 Å². The Balaban J connectivity index is 2.14. The summed E-state index contributed by atoms with van der Waals surface area (Å²) in [5.74, 6) is 0. The first-order chi connectivity index (χ1) is 9.20. The Morgan fingerprint density at radius 2 is 2.00 bits per heavy atom. The van der Waals surface area contributed by atoms with Gasteiger partial charge in [-0.15, -0.1) is 0 Å². The summed E-state index contributed by atoms with van der Waals surface area (Å²) in [4.78, 5) is 4.23. The number of rotatable bonds is 6. The number of nitrogens with one attached hydrogen (secondary N) is 1. The Bertz CT molecular complexity index is 499. The molecule has 0 aliphatic rings. The van der Waals surface area contributed by atoms with E-state index in [0.29, 0.717) is 6.04 Å². The molecule has 0 spiro atoms. The third-order valence-corrected chi connectivity index (χ3v) is 3.41. The van der Waals surface area contributed by atoms with Crippen molar-refractivity contribution in [1.82, 2.24) is 14.9 Å². The molecule has 102 valence electrons. The Hall–Kier alpha value is -1.61. The number of aromatic nitrogens is 2. The van der Waals surface area contributed by atoms with E-state index in [-0.39, 0.29) is 0 Å². The maximum atomic E-state index is 4.23. The Labute approximate surface area is 115 Å². The number of nitrogens with zero attached hydrogens (tertiary/aromatic N) is 2. The van der Waals surface area contributed by atoms with Crippen molar-refractivity contribution in [2.75, 3.05) is 6.54 Å². The van der Waals surface area contributed by atoms with Crippen LogP contribution >= 0.6 is 0 Å². The predicted molar refractivity (Wildman–Crippen MR) is 79.1 cm³/mol. The normalized spacial score (nSPS) is 12.6. The Morgan fingerprint density at radius 1 is 1.26 bits per heavy atom. The lowest BCUT2D eigenvalue weighted by Gasteiger charge is -2.19. The second kappa shape index (κ2) is 6.53. The van der Waals surface area contributed by atoms with E-state index in [1.54, 1.807) is 0 Å². The molecule has 1 atom stereocenters. The maximum absolute atomic E-state index is 4.23. The van der Waals surface area contributed by atoms with Crippen LogP contribution in [-0.4, -0.2) is 16.1 Å². The standard InChI is InChI=1S/C16H23N3/c1-4-9-18-15(16-11-17-12-19(16)3)10-14-7-5-13(2)6-8-14/h5-8,11-12,15,18H,4,9-10H2,1-3H3. The van der Waals surface area contributed by atoms with Crippen LogP contribution in [-0.2, 0) is 13.5 Å².